The van der Waals surface area contributed by atoms with Gasteiger partial charge in [-0.2, -0.15) is 5.10 Å². The molecule has 1 heterocycles. The van der Waals surface area contributed by atoms with E-state index in [0.717, 1.165) is 24.1 Å². The molecule has 0 saturated heterocycles. The highest BCUT2D eigenvalue weighted by Crippen LogP contribution is 2.61. The molecule has 1 aromatic heterocycles. The molecule has 3 aliphatic carbocycles. The smallest absolute Gasteiger partial charge is 0.0630 e. The molecule has 0 aliphatic heterocycles. The summed E-state index contributed by atoms with van der Waals surface area (Å²) in [6.45, 7) is 0. The molecule has 3 heteroatoms. The summed E-state index contributed by atoms with van der Waals surface area (Å²) in [5.74, 6) is 2.80. The Kier molecular flexibility index (Phi) is 3.33. The van der Waals surface area contributed by atoms with Crippen LogP contribution in [0.3, 0.4) is 0 Å². The number of aromatic nitrogens is 2. The summed E-state index contributed by atoms with van der Waals surface area (Å²) < 4.78 is 2.24. The molecule has 3 saturated carbocycles. The Balaban J connectivity index is 1.45. The predicted octanol–water partition coefficient (Wildman–Crippen LogP) is 4.59. The third kappa shape index (κ3) is 2.41. The summed E-state index contributed by atoms with van der Waals surface area (Å²) in [4.78, 5) is 0. The number of nitrogens with zero attached hydrogens (tertiary/aromatic N) is 2. The van der Waals surface area contributed by atoms with Crippen molar-refractivity contribution >= 4 is 11.6 Å². The van der Waals surface area contributed by atoms with Gasteiger partial charge in [0.2, 0.25) is 0 Å². The second-order valence-electron chi connectivity index (χ2n) is 7.55. The normalized spacial score (nSPS) is 37.0. The van der Waals surface area contributed by atoms with Crippen LogP contribution in [-0.4, -0.2) is 15.7 Å². The van der Waals surface area contributed by atoms with Crippen LogP contribution in [0, 0.1) is 17.3 Å². The van der Waals surface area contributed by atoms with Crippen molar-refractivity contribution < 1.29 is 0 Å². The minimum atomic E-state index is 0.362. The molecule has 2 atom stereocenters. The van der Waals surface area contributed by atoms with E-state index in [0.29, 0.717) is 11.5 Å². The molecule has 0 N–H and O–H groups in total. The molecule has 110 valence electrons. The first-order valence-corrected chi connectivity index (χ1v) is 8.91. The lowest BCUT2D eigenvalue weighted by Crippen LogP contribution is -2.24. The number of hydrogen-bond acceptors (Lipinski definition) is 1. The first-order valence-electron chi connectivity index (χ1n) is 8.38. The van der Waals surface area contributed by atoms with Crippen LogP contribution >= 0.6 is 11.6 Å². The van der Waals surface area contributed by atoms with E-state index in [1.54, 1.807) is 0 Å². The average molecular weight is 293 g/mol. The van der Waals surface area contributed by atoms with Crippen LogP contribution in [0.15, 0.2) is 12.3 Å². The number of rotatable bonds is 4. The van der Waals surface area contributed by atoms with Crippen molar-refractivity contribution in [3.63, 3.8) is 0 Å². The van der Waals surface area contributed by atoms with Gasteiger partial charge in [-0.1, -0.05) is 19.3 Å². The maximum Gasteiger partial charge on any atom is 0.0630 e. The van der Waals surface area contributed by atoms with E-state index in [2.05, 4.69) is 16.9 Å². The Bertz CT molecular complexity index is 465. The zero-order valence-electron chi connectivity index (χ0n) is 12.2. The molecule has 0 amide bonds. The molecule has 4 rings (SSSR count). The Labute approximate surface area is 126 Å². The van der Waals surface area contributed by atoms with Gasteiger partial charge in [-0.25, -0.2) is 0 Å². The van der Waals surface area contributed by atoms with E-state index in [1.807, 2.05) is 0 Å². The highest BCUT2D eigenvalue weighted by atomic mass is 35.5. The monoisotopic (exact) mass is 292 g/mol. The lowest BCUT2D eigenvalue weighted by Gasteiger charge is -2.27. The van der Waals surface area contributed by atoms with Gasteiger partial charge in [-0.15, -0.1) is 11.6 Å². The van der Waals surface area contributed by atoms with Gasteiger partial charge < -0.3 is 0 Å². The van der Waals surface area contributed by atoms with Crippen LogP contribution in [0.25, 0.3) is 0 Å². The van der Waals surface area contributed by atoms with Crippen molar-refractivity contribution in [2.24, 2.45) is 17.3 Å². The zero-order chi connectivity index (χ0) is 13.6. The van der Waals surface area contributed by atoms with Crippen molar-refractivity contribution in [3.05, 3.63) is 18.0 Å². The summed E-state index contributed by atoms with van der Waals surface area (Å²) >= 11 is 6.32. The number of hydrogen-bond donors (Lipinski definition) is 0. The van der Waals surface area contributed by atoms with Crippen LogP contribution in [-0.2, 0) is 6.42 Å². The number of halogens is 1. The van der Waals surface area contributed by atoms with Gasteiger partial charge in [0.25, 0.3) is 0 Å². The lowest BCUT2D eigenvalue weighted by molar-refractivity contribution is 0.293. The standard InChI is InChI=1S/C17H25ClN2/c18-12-17(9-13-8-14(13)10-17)11-15-6-7-20(19-15)16-4-2-1-3-5-16/h6-7,13-14,16H,1-5,8-12H2. The van der Waals surface area contributed by atoms with Crippen LogP contribution in [0.5, 0.6) is 0 Å². The van der Waals surface area contributed by atoms with Crippen molar-refractivity contribution in [1.29, 1.82) is 0 Å². The van der Waals surface area contributed by atoms with Crippen LogP contribution < -0.4 is 0 Å². The second-order valence-corrected chi connectivity index (χ2v) is 7.82. The Hall–Kier alpha value is -0.500. The zero-order valence-corrected chi connectivity index (χ0v) is 13.0. The van der Waals surface area contributed by atoms with Gasteiger partial charge in [-0.05, 0) is 61.8 Å². The van der Waals surface area contributed by atoms with Gasteiger partial charge in [0.1, 0.15) is 0 Å². The SMILES string of the molecule is ClCC1(Cc2ccn(C3CCCCC3)n2)CC2CC2C1. The first kappa shape index (κ1) is 13.2. The van der Waals surface area contributed by atoms with E-state index in [-0.39, 0.29) is 0 Å². The van der Waals surface area contributed by atoms with Crippen LogP contribution in [0.1, 0.15) is 63.1 Å². The number of fused-ring (bicyclic) bond motifs is 1. The van der Waals surface area contributed by atoms with Crippen LogP contribution in [0.4, 0.5) is 0 Å². The Morgan fingerprint density at radius 2 is 1.95 bits per heavy atom. The molecule has 2 nitrogen and oxygen atoms in total. The molecule has 3 aliphatic rings. The molecule has 2 unspecified atom stereocenters. The summed E-state index contributed by atoms with van der Waals surface area (Å²) in [5, 5.41) is 4.89. The highest BCUT2D eigenvalue weighted by Gasteiger charge is 2.53. The summed E-state index contributed by atoms with van der Waals surface area (Å²) in [7, 11) is 0. The molecule has 0 radical (unpaired) electrons. The third-order valence-electron chi connectivity index (χ3n) is 5.91. The van der Waals surface area contributed by atoms with E-state index in [9.17, 15) is 0 Å². The average Bonchev–Trinajstić information content (AvgIpc) is 2.91. The highest BCUT2D eigenvalue weighted by molar-refractivity contribution is 6.18. The fraction of sp³-hybridized carbons (Fsp3) is 0.824. The predicted molar refractivity (Wildman–Crippen MR) is 82.0 cm³/mol. The fourth-order valence-electron chi connectivity index (χ4n) is 4.71. The van der Waals surface area contributed by atoms with Gasteiger partial charge in [0, 0.05) is 12.1 Å². The van der Waals surface area contributed by atoms with E-state index >= 15 is 0 Å². The van der Waals surface area contributed by atoms with Gasteiger partial charge >= 0.3 is 0 Å². The molecular weight excluding hydrogens is 268 g/mol. The van der Waals surface area contributed by atoms with E-state index < -0.39 is 0 Å². The Morgan fingerprint density at radius 1 is 1.20 bits per heavy atom. The topological polar surface area (TPSA) is 17.8 Å². The molecule has 1 aromatic rings. The molecule has 0 aromatic carbocycles. The van der Waals surface area contributed by atoms with Gasteiger partial charge in [0.05, 0.1) is 11.7 Å². The van der Waals surface area contributed by atoms with Crippen LogP contribution in [0.2, 0.25) is 0 Å². The van der Waals surface area contributed by atoms with E-state index in [1.165, 1.54) is 57.1 Å². The summed E-state index contributed by atoms with van der Waals surface area (Å²) in [5.41, 5.74) is 1.64. The van der Waals surface area contributed by atoms with Crippen molar-refractivity contribution in [2.75, 3.05) is 5.88 Å². The molecular formula is C17H25ClN2. The van der Waals surface area contributed by atoms with Crippen molar-refractivity contribution in [3.8, 4) is 0 Å². The fourth-order valence-corrected chi connectivity index (χ4v) is 5.02. The maximum atomic E-state index is 6.32. The van der Waals surface area contributed by atoms with Crippen molar-refractivity contribution in [1.82, 2.24) is 9.78 Å². The van der Waals surface area contributed by atoms with E-state index in [4.69, 9.17) is 16.7 Å². The minimum absolute atomic E-state index is 0.362. The van der Waals surface area contributed by atoms with Crippen molar-refractivity contribution in [2.45, 2.75) is 63.8 Å². The minimum Gasteiger partial charge on any atom is -0.269 e. The quantitative estimate of drug-likeness (QED) is 0.742. The number of alkyl halides is 1. The lowest BCUT2D eigenvalue weighted by atomic mass is 9.81. The first-order chi connectivity index (χ1) is 9.78. The molecule has 20 heavy (non-hydrogen) atoms. The third-order valence-corrected chi connectivity index (χ3v) is 6.48. The molecule has 0 bridgehead atoms. The molecule has 0 spiro atoms. The van der Waals surface area contributed by atoms with Gasteiger partial charge in [-0.3, -0.25) is 4.68 Å². The maximum absolute atomic E-state index is 6.32. The summed E-state index contributed by atoms with van der Waals surface area (Å²) in [6, 6.07) is 2.90. The Morgan fingerprint density at radius 3 is 2.65 bits per heavy atom. The molecule has 3 fully saturated rings. The largest absolute Gasteiger partial charge is 0.269 e. The van der Waals surface area contributed by atoms with Gasteiger partial charge in [0.15, 0.2) is 0 Å². The second kappa shape index (κ2) is 5.05. The summed E-state index contributed by atoms with van der Waals surface area (Å²) in [6.07, 6.45) is 14.2.